The molecule has 0 amide bonds. The number of hydrogen-bond acceptors (Lipinski definition) is 2. The van der Waals surface area contributed by atoms with Crippen LogP contribution in [0, 0.1) is 0 Å². The van der Waals surface area contributed by atoms with Gasteiger partial charge < -0.3 is 9.88 Å². The quantitative estimate of drug-likeness (QED) is 0.742. The second kappa shape index (κ2) is 7.85. The Morgan fingerprint density at radius 2 is 2.00 bits per heavy atom. The number of imidazole rings is 1. The number of aryl methyl sites for hydroxylation is 1. The molecular formula is C17H25N3. The van der Waals surface area contributed by atoms with Crippen molar-refractivity contribution in [3.63, 3.8) is 0 Å². The molecule has 0 saturated carbocycles. The first-order valence-corrected chi connectivity index (χ1v) is 7.61. The molecule has 3 heteroatoms. The van der Waals surface area contributed by atoms with Crippen molar-refractivity contribution in [2.75, 3.05) is 6.54 Å². The summed E-state index contributed by atoms with van der Waals surface area (Å²) in [5.74, 6) is 1.07. The molecule has 0 bridgehead atoms. The Hall–Kier alpha value is -1.61. The molecule has 1 aromatic carbocycles. The molecule has 0 aliphatic heterocycles. The lowest BCUT2D eigenvalue weighted by Gasteiger charge is -2.12. The van der Waals surface area contributed by atoms with Crippen LogP contribution >= 0.6 is 0 Å². The predicted octanol–water partition coefficient (Wildman–Crippen LogP) is 3.72. The molecule has 1 atom stereocenters. The predicted molar refractivity (Wildman–Crippen MR) is 84.7 cm³/mol. The van der Waals surface area contributed by atoms with Gasteiger partial charge in [0.1, 0.15) is 5.82 Å². The lowest BCUT2D eigenvalue weighted by molar-refractivity contribution is 0.486. The topological polar surface area (TPSA) is 29.9 Å². The van der Waals surface area contributed by atoms with E-state index in [1.54, 1.807) is 0 Å². The van der Waals surface area contributed by atoms with Gasteiger partial charge in [-0.2, -0.15) is 0 Å². The summed E-state index contributed by atoms with van der Waals surface area (Å²) in [6.07, 6.45) is 7.66. The molecule has 1 unspecified atom stereocenters. The number of nitrogens with zero attached hydrogens (tertiary/aromatic N) is 2. The normalized spacial score (nSPS) is 12.5. The van der Waals surface area contributed by atoms with Gasteiger partial charge in [0.05, 0.1) is 0 Å². The summed E-state index contributed by atoms with van der Waals surface area (Å²) in [4.78, 5) is 4.48. The summed E-state index contributed by atoms with van der Waals surface area (Å²) in [6, 6.07) is 11.0. The highest BCUT2D eigenvalue weighted by Gasteiger charge is 2.05. The Balaban J connectivity index is 1.84. The van der Waals surface area contributed by atoms with Crippen LogP contribution in [-0.2, 0) is 6.54 Å². The maximum Gasteiger partial charge on any atom is 0.139 e. The first kappa shape index (κ1) is 14.8. The molecule has 1 aromatic heterocycles. The van der Waals surface area contributed by atoms with E-state index in [-0.39, 0.29) is 0 Å². The Bertz CT molecular complexity index is 490. The van der Waals surface area contributed by atoms with E-state index in [9.17, 15) is 0 Å². The summed E-state index contributed by atoms with van der Waals surface area (Å²) >= 11 is 0. The average molecular weight is 271 g/mol. The molecule has 2 aromatic rings. The van der Waals surface area contributed by atoms with Crippen LogP contribution in [0.15, 0.2) is 42.7 Å². The number of hydrogen-bond donors (Lipinski definition) is 1. The van der Waals surface area contributed by atoms with Crippen LogP contribution in [0.2, 0.25) is 0 Å². The van der Waals surface area contributed by atoms with Gasteiger partial charge in [0.15, 0.2) is 0 Å². The summed E-state index contributed by atoms with van der Waals surface area (Å²) in [5, 5.41) is 3.46. The minimum Gasteiger partial charge on any atom is -0.331 e. The van der Waals surface area contributed by atoms with Gasteiger partial charge in [-0.15, -0.1) is 0 Å². The number of rotatable bonds is 8. The van der Waals surface area contributed by atoms with Gasteiger partial charge in [0, 0.05) is 30.5 Å². The van der Waals surface area contributed by atoms with Gasteiger partial charge in [0.2, 0.25) is 0 Å². The first-order chi connectivity index (χ1) is 9.81. The van der Waals surface area contributed by atoms with Gasteiger partial charge in [-0.25, -0.2) is 4.98 Å². The van der Waals surface area contributed by atoms with E-state index in [0.717, 1.165) is 18.9 Å². The Morgan fingerprint density at radius 1 is 1.20 bits per heavy atom. The zero-order valence-corrected chi connectivity index (χ0v) is 12.5. The third kappa shape index (κ3) is 4.20. The van der Waals surface area contributed by atoms with Crippen LogP contribution < -0.4 is 5.32 Å². The Kier molecular flexibility index (Phi) is 5.81. The maximum absolute atomic E-state index is 4.48. The molecule has 0 saturated heterocycles. The standard InChI is InChI=1S/C17H25N3/c1-3-18-15(2)9-7-8-13-20-14-12-19-17(20)16-10-5-4-6-11-16/h4-6,10-12,14-15,18H,3,7-9,13H2,1-2H3. The lowest BCUT2D eigenvalue weighted by atomic mass is 10.1. The van der Waals surface area contributed by atoms with Crippen LogP contribution in [0.5, 0.6) is 0 Å². The van der Waals surface area contributed by atoms with Crippen LogP contribution in [0.3, 0.4) is 0 Å². The summed E-state index contributed by atoms with van der Waals surface area (Å²) in [7, 11) is 0. The molecular weight excluding hydrogens is 246 g/mol. The van der Waals surface area contributed by atoms with E-state index >= 15 is 0 Å². The van der Waals surface area contributed by atoms with Crippen LogP contribution in [0.1, 0.15) is 33.1 Å². The second-order valence-electron chi connectivity index (χ2n) is 5.26. The molecule has 0 spiro atoms. The minimum atomic E-state index is 0.622. The molecule has 1 heterocycles. The largest absolute Gasteiger partial charge is 0.331 e. The fourth-order valence-corrected chi connectivity index (χ4v) is 2.52. The third-order valence-electron chi connectivity index (χ3n) is 3.59. The number of unbranched alkanes of at least 4 members (excludes halogenated alkanes) is 1. The van der Waals surface area contributed by atoms with Crippen molar-refractivity contribution in [2.24, 2.45) is 0 Å². The molecule has 0 aliphatic rings. The number of benzene rings is 1. The Morgan fingerprint density at radius 3 is 2.75 bits per heavy atom. The number of aromatic nitrogens is 2. The molecule has 3 nitrogen and oxygen atoms in total. The van der Waals surface area contributed by atoms with Crippen molar-refractivity contribution in [3.05, 3.63) is 42.7 Å². The van der Waals surface area contributed by atoms with E-state index in [1.807, 2.05) is 12.3 Å². The van der Waals surface area contributed by atoms with Crippen molar-refractivity contribution in [3.8, 4) is 11.4 Å². The zero-order valence-electron chi connectivity index (χ0n) is 12.5. The van der Waals surface area contributed by atoms with Gasteiger partial charge in [-0.1, -0.05) is 43.7 Å². The van der Waals surface area contributed by atoms with Crippen molar-refractivity contribution in [1.29, 1.82) is 0 Å². The third-order valence-corrected chi connectivity index (χ3v) is 3.59. The van der Waals surface area contributed by atoms with Crippen molar-refractivity contribution in [1.82, 2.24) is 14.9 Å². The van der Waals surface area contributed by atoms with E-state index < -0.39 is 0 Å². The molecule has 0 radical (unpaired) electrons. The summed E-state index contributed by atoms with van der Waals surface area (Å²) < 4.78 is 2.26. The van der Waals surface area contributed by atoms with E-state index in [4.69, 9.17) is 0 Å². The zero-order chi connectivity index (χ0) is 14.2. The highest BCUT2D eigenvalue weighted by Crippen LogP contribution is 2.17. The van der Waals surface area contributed by atoms with Crippen LogP contribution in [0.4, 0.5) is 0 Å². The summed E-state index contributed by atoms with van der Waals surface area (Å²) in [5.41, 5.74) is 1.19. The molecule has 2 rings (SSSR count). The highest BCUT2D eigenvalue weighted by molar-refractivity contribution is 5.54. The van der Waals surface area contributed by atoms with Gasteiger partial charge >= 0.3 is 0 Å². The molecule has 1 N–H and O–H groups in total. The SMILES string of the molecule is CCNC(C)CCCCn1ccnc1-c1ccccc1. The molecule has 108 valence electrons. The second-order valence-corrected chi connectivity index (χ2v) is 5.26. The lowest BCUT2D eigenvalue weighted by Crippen LogP contribution is -2.25. The molecule has 0 aliphatic carbocycles. The molecule has 20 heavy (non-hydrogen) atoms. The van der Waals surface area contributed by atoms with Crippen molar-refractivity contribution in [2.45, 2.75) is 45.7 Å². The van der Waals surface area contributed by atoms with E-state index in [0.29, 0.717) is 6.04 Å². The van der Waals surface area contributed by atoms with Crippen LogP contribution in [-0.4, -0.2) is 22.1 Å². The fraction of sp³-hybridized carbons (Fsp3) is 0.471. The Labute approximate surface area is 122 Å². The summed E-state index contributed by atoms with van der Waals surface area (Å²) in [6.45, 7) is 6.52. The average Bonchev–Trinajstić information content (AvgIpc) is 2.93. The van der Waals surface area contributed by atoms with Gasteiger partial charge in [-0.3, -0.25) is 0 Å². The fourth-order valence-electron chi connectivity index (χ4n) is 2.52. The smallest absolute Gasteiger partial charge is 0.139 e. The first-order valence-electron chi connectivity index (χ1n) is 7.61. The van der Waals surface area contributed by atoms with Gasteiger partial charge in [-0.05, 0) is 26.3 Å². The van der Waals surface area contributed by atoms with Gasteiger partial charge in [0.25, 0.3) is 0 Å². The van der Waals surface area contributed by atoms with E-state index in [1.165, 1.54) is 24.8 Å². The molecule has 0 fully saturated rings. The maximum atomic E-state index is 4.48. The van der Waals surface area contributed by atoms with Crippen molar-refractivity contribution >= 4 is 0 Å². The number of nitrogens with one attached hydrogen (secondary N) is 1. The van der Waals surface area contributed by atoms with Crippen molar-refractivity contribution < 1.29 is 0 Å². The minimum absolute atomic E-state index is 0.622. The highest BCUT2D eigenvalue weighted by atomic mass is 15.1. The van der Waals surface area contributed by atoms with E-state index in [2.05, 4.69) is 59.2 Å². The monoisotopic (exact) mass is 271 g/mol. The van der Waals surface area contributed by atoms with Crippen LogP contribution in [0.25, 0.3) is 11.4 Å².